The van der Waals surface area contributed by atoms with Gasteiger partial charge in [0.15, 0.2) is 11.5 Å². The molecule has 0 aliphatic rings. The second-order valence-electron chi connectivity index (χ2n) is 11.3. The highest BCUT2D eigenvalue weighted by atomic mass is 16.6. The summed E-state index contributed by atoms with van der Waals surface area (Å²) in [5.41, 5.74) is 1.13. The quantitative estimate of drug-likeness (QED) is 0.0661. The fourth-order valence-corrected chi connectivity index (χ4v) is 4.96. The van der Waals surface area contributed by atoms with Crippen molar-refractivity contribution in [3.63, 3.8) is 0 Å². The minimum absolute atomic E-state index is 0.235. The summed E-state index contributed by atoms with van der Waals surface area (Å²) in [5.74, 6) is 0.296. The number of esters is 2. The van der Waals surface area contributed by atoms with E-state index in [-0.39, 0.29) is 11.9 Å². The molecule has 1 aromatic carbocycles. The second-order valence-corrected chi connectivity index (χ2v) is 11.3. The van der Waals surface area contributed by atoms with Crippen molar-refractivity contribution in [1.29, 1.82) is 0 Å². The van der Waals surface area contributed by atoms with Crippen molar-refractivity contribution >= 4 is 11.9 Å². The molecule has 0 aliphatic heterocycles. The molecule has 0 spiro atoms. The Hall–Kier alpha value is -1.84. The lowest BCUT2D eigenvalue weighted by Crippen LogP contribution is -2.12. The molecule has 0 atom stereocenters. The monoisotopic (exact) mass is 544 g/mol. The standard InChI is InChI=1S/C35H60O4/c1-4-7-10-13-16-19-22-25-31-28-29-32(38-34(36)26-23-20-17-14-11-8-5-2)33(30-31)39-35(37)27-24-21-18-15-12-9-6-3/h28-30H,4-27H2,1-3H3. The summed E-state index contributed by atoms with van der Waals surface area (Å²) in [6, 6.07) is 5.74. The fourth-order valence-electron chi connectivity index (χ4n) is 4.96. The third-order valence-electron chi connectivity index (χ3n) is 7.49. The van der Waals surface area contributed by atoms with Gasteiger partial charge in [-0.2, -0.15) is 0 Å². The van der Waals surface area contributed by atoms with Crippen LogP contribution in [-0.4, -0.2) is 11.9 Å². The molecule has 0 aromatic heterocycles. The number of hydrogen-bond donors (Lipinski definition) is 0. The smallest absolute Gasteiger partial charge is 0.311 e. The predicted molar refractivity (Wildman–Crippen MR) is 165 cm³/mol. The third kappa shape index (κ3) is 19.8. The van der Waals surface area contributed by atoms with Gasteiger partial charge in [0.05, 0.1) is 0 Å². The Morgan fingerprint density at radius 2 is 0.872 bits per heavy atom. The van der Waals surface area contributed by atoms with Crippen LogP contribution in [0.5, 0.6) is 11.5 Å². The van der Waals surface area contributed by atoms with Crippen molar-refractivity contribution in [3.8, 4) is 11.5 Å². The minimum Gasteiger partial charge on any atom is -0.423 e. The average Bonchev–Trinajstić information content (AvgIpc) is 2.93. The van der Waals surface area contributed by atoms with Crippen molar-refractivity contribution in [3.05, 3.63) is 23.8 Å². The van der Waals surface area contributed by atoms with Gasteiger partial charge in [-0.05, 0) is 43.4 Å². The molecule has 39 heavy (non-hydrogen) atoms. The van der Waals surface area contributed by atoms with Crippen LogP contribution in [0.3, 0.4) is 0 Å². The first-order valence-electron chi connectivity index (χ1n) is 16.6. The van der Waals surface area contributed by atoms with E-state index < -0.39 is 0 Å². The van der Waals surface area contributed by atoms with Gasteiger partial charge in [0.1, 0.15) is 0 Å². The Kier molecular flexibility index (Phi) is 22.7. The van der Waals surface area contributed by atoms with Crippen molar-refractivity contribution in [1.82, 2.24) is 0 Å². The molecule has 0 heterocycles. The van der Waals surface area contributed by atoms with Crippen LogP contribution < -0.4 is 9.47 Å². The summed E-state index contributed by atoms with van der Waals surface area (Å²) in [5, 5.41) is 0. The number of ether oxygens (including phenoxy) is 2. The Balaban J connectivity index is 2.58. The van der Waals surface area contributed by atoms with Gasteiger partial charge in [-0.1, -0.05) is 142 Å². The van der Waals surface area contributed by atoms with Gasteiger partial charge in [0.2, 0.25) is 0 Å². The number of hydrogen-bond acceptors (Lipinski definition) is 4. The van der Waals surface area contributed by atoms with Gasteiger partial charge in [-0.25, -0.2) is 0 Å². The molecule has 0 saturated carbocycles. The summed E-state index contributed by atoms with van der Waals surface area (Å²) in [4.78, 5) is 25.2. The summed E-state index contributed by atoms with van der Waals surface area (Å²) >= 11 is 0. The number of unbranched alkanes of at least 4 members (excludes halogenated alkanes) is 18. The van der Waals surface area contributed by atoms with E-state index in [1.165, 1.54) is 103 Å². The van der Waals surface area contributed by atoms with Crippen LogP contribution in [0.1, 0.15) is 174 Å². The van der Waals surface area contributed by atoms with Crippen molar-refractivity contribution in [2.75, 3.05) is 0 Å². The van der Waals surface area contributed by atoms with E-state index in [1.807, 2.05) is 18.2 Å². The van der Waals surface area contributed by atoms with Gasteiger partial charge in [-0.15, -0.1) is 0 Å². The lowest BCUT2D eigenvalue weighted by molar-refractivity contribution is -0.137. The molecule has 4 nitrogen and oxygen atoms in total. The molecule has 0 amide bonds. The molecule has 224 valence electrons. The van der Waals surface area contributed by atoms with Crippen molar-refractivity contribution in [2.24, 2.45) is 0 Å². The first kappa shape index (κ1) is 35.2. The molecule has 0 bridgehead atoms. The maximum atomic E-state index is 12.6. The molecule has 0 aliphatic carbocycles. The third-order valence-corrected chi connectivity index (χ3v) is 7.49. The molecular formula is C35H60O4. The summed E-state index contributed by atoms with van der Waals surface area (Å²) in [6.07, 6.45) is 26.8. The molecule has 0 unspecified atom stereocenters. The zero-order valence-corrected chi connectivity index (χ0v) is 25.8. The van der Waals surface area contributed by atoms with Crippen LogP contribution in [0.15, 0.2) is 18.2 Å². The zero-order chi connectivity index (χ0) is 28.4. The molecule has 1 rings (SSSR count). The molecule has 0 saturated heterocycles. The molecule has 0 N–H and O–H groups in total. The molecule has 0 fully saturated rings. The summed E-state index contributed by atoms with van der Waals surface area (Å²) in [7, 11) is 0. The maximum absolute atomic E-state index is 12.6. The van der Waals surface area contributed by atoms with E-state index in [0.29, 0.717) is 24.3 Å². The highest BCUT2D eigenvalue weighted by Crippen LogP contribution is 2.30. The number of aryl methyl sites for hydroxylation is 1. The molecule has 0 radical (unpaired) electrons. The van der Waals surface area contributed by atoms with E-state index in [1.54, 1.807) is 0 Å². The normalized spacial score (nSPS) is 11.1. The fraction of sp³-hybridized carbons (Fsp3) is 0.771. The number of benzene rings is 1. The van der Waals surface area contributed by atoms with E-state index in [2.05, 4.69) is 20.8 Å². The lowest BCUT2D eigenvalue weighted by Gasteiger charge is -2.13. The predicted octanol–water partition coefficient (Wildman–Crippen LogP) is 11.1. The molecular weight excluding hydrogens is 484 g/mol. The van der Waals surface area contributed by atoms with Crippen molar-refractivity contribution < 1.29 is 19.1 Å². The van der Waals surface area contributed by atoms with Gasteiger partial charge in [0.25, 0.3) is 0 Å². The van der Waals surface area contributed by atoms with Gasteiger partial charge >= 0.3 is 11.9 Å². The van der Waals surface area contributed by atoms with Crippen LogP contribution in [0.2, 0.25) is 0 Å². The minimum atomic E-state index is -0.243. The Morgan fingerprint density at radius 3 is 1.33 bits per heavy atom. The maximum Gasteiger partial charge on any atom is 0.311 e. The van der Waals surface area contributed by atoms with E-state index in [0.717, 1.165) is 44.1 Å². The summed E-state index contributed by atoms with van der Waals surface area (Å²) in [6.45, 7) is 6.69. The van der Waals surface area contributed by atoms with E-state index in [9.17, 15) is 9.59 Å². The molecule has 4 heteroatoms. The Bertz CT molecular complexity index is 742. The highest BCUT2D eigenvalue weighted by Gasteiger charge is 2.15. The zero-order valence-electron chi connectivity index (χ0n) is 25.8. The van der Waals surface area contributed by atoms with E-state index >= 15 is 0 Å². The van der Waals surface area contributed by atoms with Gasteiger partial charge in [-0.3, -0.25) is 9.59 Å². The number of rotatable bonds is 26. The Morgan fingerprint density at radius 1 is 0.487 bits per heavy atom. The van der Waals surface area contributed by atoms with Gasteiger partial charge in [0, 0.05) is 12.8 Å². The van der Waals surface area contributed by atoms with Crippen LogP contribution >= 0.6 is 0 Å². The number of carbonyl (C=O) groups is 2. The van der Waals surface area contributed by atoms with Crippen LogP contribution in [0, 0.1) is 0 Å². The van der Waals surface area contributed by atoms with Crippen LogP contribution in [0.25, 0.3) is 0 Å². The lowest BCUT2D eigenvalue weighted by atomic mass is 10.0. The Labute approximate surface area is 241 Å². The highest BCUT2D eigenvalue weighted by molar-refractivity contribution is 5.76. The topological polar surface area (TPSA) is 52.6 Å². The molecule has 1 aromatic rings. The second kappa shape index (κ2) is 25.1. The largest absolute Gasteiger partial charge is 0.423 e. The summed E-state index contributed by atoms with van der Waals surface area (Å²) < 4.78 is 11.5. The van der Waals surface area contributed by atoms with Crippen molar-refractivity contribution in [2.45, 2.75) is 175 Å². The average molecular weight is 545 g/mol. The SMILES string of the molecule is CCCCCCCCCC(=O)Oc1ccc(CCCCCCCCC)cc1OC(=O)CCCCCCCCC. The van der Waals surface area contributed by atoms with Crippen LogP contribution in [0.4, 0.5) is 0 Å². The first-order chi connectivity index (χ1) is 19.1. The van der Waals surface area contributed by atoms with Gasteiger partial charge < -0.3 is 9.47 Å². The number of carbonyl (C=O) groups excluding carboxylic acids is 2. The van der Waals surface area contributed by atoms with E-state index in [4.69, 9.17) is 9.47 Å². The van der Waals surface area contributed by atoms with Crippen LogP contribution in [-0.2, 0) is 16.0 Å². The first-order valence-corrected chi connectivity index (χ1v) is 16.6.